The van der Waals surface area contributed by atoms with E-state index in [-0.39, 0.29) is 6.61 Å². The third-order valence-corrected chi connectivity index (χ3v) is 2.32. The maximum absolute atomic E-state index is 9.26. The van der Waals surface area contributed by atoms with Gasteiger partial charge in [-0.15, -0.1) is 0 Å². The van der Waals surface area contributed by atoms with Crippen molar-refractivity contribution < 1.29 is 9.84 Å². The van der Waals surface area contributed by atoms with Crippen molar-refractivity contribution in [2.75, 3.05) is 7.11 Å². The van der Waals surface area contributed by atoms with Gasteiger partial charge in [0, 0.05) is 12.5 Å². The predicted octanol–water partition coefficient (Wildman–Crippen LogP) is 1.87. The van der Waals surface area contributed by atoms with E-state index in [4.69, 9.17) is 4.74 Å². The average Bonchev–Trinajstić information content (AvgIpc) is 2.28. The summed E-state index contributed by atoms with van der Waals surface area (Å²) in [5.74, 6) is 0. The molecule has 1 aromatic heterocycles. The monoisotopic (exact) mass is 203 g/mol. The minimum absolute atomic E-state index is 0.0275. The molecule has 78 valence electrons. The van der Waals surface area contributed by atoms with Crippen LogP contribution in [-0.4, -0.2) is 17.2 Å². The van der Waals surface area contributed by atoms with Gasteiger partial charge < -0.3 is 9.84 Å². The first-order valence-corrected chi connectivity index (χ1v) is 4.82. The molecular weight excluding hydrogens is 190 g/mol. The van der Waals surface area contributed by atoms with Crippen molar-refractivity contribution in [3.05, 3.63) is 41.6 Å². The van der Waals surface area contributed by atoms with Crippen LogP contribution in [0.15, 0.2) is 30.3 Å². The molecule has 0 amide bonds. The Hall–Kier alpha value is -1.45. The molecule has 0 aliphatic carbocycles. The van der Waals surface area contributed by atoms with Crippen LogP contribution in [0, 0.1) is 0 Å². The first-order chi connectivity index (χ1) is 7.35. The Morgan fingerprint density at radius 1 is 1.33 bits per heavy atom. The molecule has 0 spiro atoms. The molecule has 15 heavy (non-hydrogen) atoms. The van der Waals surface area contributed by atoms with Crippen LogP contribution < -0.4 is 0 Å². The molecular formula is C12H13NO2. The van der Waals surface area contributed by atoms with Crippen molar-refractivity contribution >= 4 is 10.9 Å². The number of methoxy groups -OCH3 is 1. The molecule has 0 unspecified atom stereocenters. The molecule has 0 saturated heterocycles. The van der Waals surface area contributed by atoms with Crippen LogP contribution >= 0.6 is 0 Å². The first kappa shape index (κ1) is 10.1. The van der Waals surface area contributed by atoms with Gasteiger partial charge >= 0.3 is 0 Å². The molecule has 0 saturated carbocycles. The highest BCUT2D eigenvalue weighted by atomic mass is 16.5. The van der Waals surface area contributed by atoms with Crippen molar-refractivity contribution in [3.8, 4) is 0 Å². The predicted molar refractivity (Wildman–Crippen MR) is 58.4 cm³/mol. The Balaban J connectivity index is 2.60. The number of hydrogen-bond acceptors (Lipinski definition) is 3. The van der Waals surface area contributed by atoms with Gasteiger partial charge in [0.05, 0.1) is 24.4 Å². The van der Waals surface area contributed by atoms with Crippen molar-refractivity contribution in [2.45, 2.75) is 13.2 Å². The van der Waals surface area contributed by atoms with Gasteiger partial charge in [-0.2, -0.15) is 0 Å². The third kappa shape index (κ3) is 1.98. The highest BCUT2D eigenvalue weighted by molar-refractivity contribution is 5.82. The number of pyridine rings is 1. The molecule has 2 rings (SSSR count). The van der Waals surface area contributed by atoms with E-state index in [0.717, 1.165) is 22.2 Å². The number of rotatable bonds is 3. The van der Waals surface area contributed by atoms with Crippen LogP contribution in [0.25, 0.3) is 10.9 Å². The van der Waals surface area contributed by atoms with Crippen LogP contribution in [0.2, 0.25) is 0 Å². The van der Waals surface area contributed by atoms with E-state index in [1.165, 1.54) is 0 Å². The Morgan fingerprint density at radius 2 is 2.13 bits per heavy atom. The summed E-state index contributed by atoms with van der Waals surface area (Å²) < 4.78 is 5.03. The molecule has 1 heterocycles. The van der Waals surface area contributed by atoms with E-state index in [0.29, 0.717) is 6.61 Å². The maximum atomic E-state index is 9.26. The molecule has 0 radical (unpaired) electrons. The topological polar surface area (TPSA) is 42.4 Å². The van der Waals surface area contributed by atoms with E-state index in [2.05, 4.69) is 4.98 Å². The van der Waals surface area contributed by atoms with Gasteiger partial charge in [-0.05, 0) is 17.7 Å². The summed E-state index contributed by atoms with van der Waals surface area (Å²) in [6.45, 7) is 0.498. The lowest BCUT2D eigenvalue weighted by Crippen LogP contribution is -1.96. The van der Waals surface area contributed by atoms with Gasteiger partial charge in [0.2, 0.25) is 0 Å². The van der Waals surface area contributed by atoms with Gasteiger partial charge in [0.15, 0.2) is 0 Å². The summed E-state index contributed by atoms with van der Waals surface area (Å²) >= 11 is 0. The second-order valence-corrected chi connectivity index (χ2v) is 3.38. The zero-order valence-electron chi connectivity index (χ0n) is 8.60. The number of para-hydroxylation sites is 1. The zero-order valence-corrected chi connectivity index (χ0v) is 8.60. The zero-order chi connectivity index (χ0) is 10.7. The fourth-order valence-electron chi connectivity index (χ4n) is 1.66. The molecule has 3 nitrogen and oxygen atoms in total. The Morgan fingerprint density at radius 3 is 2.87 bits per heavy atom. The summed E-state index contributed by atoms with van der Waals surface area (Å²) in [5.41, 5.74) is 2.64. The van der Waals surface area contributed by atoms with Gasteiger partial charge in [-0.25, -0.2) is 0 Å². The number of aromatic nitrogens is 1. The quantitative estimate of drug-likeness (QED) is 0.828. The Kier molecular flexibility index (Phi) is 2.94. The molecule has 2 aromatic rings. The number of aliphatic hydroxyl groups is 1. The molecule has 3 heteroatoms. The van der Waals surface area contributed by atoms with Gasteiger partial charge in [-0.3, -0.25) is 4.98 Å². The highest BCUT2D eigenvalue weighted by Crippen LogP contribution is 2.18. The lowest BCUT2D eigenvalue weighted by atomic mass is 10.1. The van der Waals surface area contributed by atoms with E-state index >= 15 is 0 Å². The van der Waals surface area contributed by atoms with Gasteiger partial charge in [0.25, 0.3) is 0 Å². The first-order valence-electron chi connectivity index (χ1n) is 4.82. The van der Waals surface area contributed by atoms with Crippen LogP contribution in [0.3, 0.4) is 0 Å². The van der Waals surface area contributed by atoms with Crippen molar-refractivity contribution in [1.82, 2.24) is 4.98 Å². The maximum Gasteiger partial charge on any atom is 0.0884 e. The standard InChI is InChI=1S/C12H13NO2/c1-15-8-10-6-9(7-14)11-4-2-3-5-12(11)13-10/h2-6,14H,7-8H2,1H3. The fourth-order valence-corrected chi connectivity index (χ4v) is 1.66. The molecule has 1 N–H and O–H groups in total. The largest absolute Gasteiger partial charge is 0.392 e. The highest BCUT2D eigenvalue weighted by Gasteiger charge is 2.03. The van der Waals surface area contributed by atoms with E-state index in [1.54, 1.807) is 7.11 Å². The molecule has 0 atom stereocenters. The number of ether oxygens (including phenoxy) is 1. The number of hydrogen-bond donors (Lipinski definition) is 1. The second kappa shape index (κ2) is 4.38. The van der Waals surface area contributed by atoms with Crippen LogP contribution in [0.5, 0.6) is 0 Å². The molecule has 0 fully saturated rings. The number of nitrogens with zero attached hydrogens (tertiary/aromatic N) is 1. The number of fused-ring (bicyclic) bond motifs is 1. The van der Waals surface area contributed by atoms with Gasteiger partial charge in [0.1, 0.15) is 0 Å². The molecule has 0 aliphatic rings. The summed E-state index contributed by atoms with van der Waals surface area (Å²) in [6, 6.07) is 9.66. The van der Waals surface area contributed by atoms with Crippen LogP contribution in [-0.2, 0) is 18.0 Å². The lowest BCUT2D eigenvalue weighted by Gasteiger charge is -2.06. The SMILES string of the molecule is COCc1cc(CO)c2ccccc2n1. The molecule has 1 aromatic carbocycles. The average molecular weight is 203 g/mol. The summed E-state index contributed by atoms with van der Waals surface area (Å²) in [5, 5.41) is 10.3. The third-order valence-electron chi connectivity index (χ3n) is 2.32. The number of benzene rings is 1. The van der Waals surface area contributed by atoms with Crippen molar-refractivity contribution in [3.63, 3.8) is 0 Å². The normalized spacial score (nSPS) is 10.8. The van der Waals surface area contributed by atoms with Crippen molar-refractivity contribution in [2.24, 2.45) is 0 Å². The van der Waals surface area contributed by atoms with Gasteiger partial charge in [-0.1, -0.05) is 18.2 Å². The number of aliphatic hydroxyl groups excluding tert-OH is 1. The molecule has 0 bridgehead atoms. The van der Waals surface area contributed by atoms with E-state index in [1.807, 2.05) is 30.3 Å². The van der Waals surface area contributed by atoms with Crippen molar-refractivity contribution in [1.29, 1.82) is 0 Å². The lowest BCUT2D eigenvalue weighted by molar-refractivity contribution is 0.181. The second-order valence-electron chi connectivity index (χ2n) is 3.38. The van der Waals surface area contributed by atoms with Crippen LogP contribution in [0.1, 0.15) is 11.3 Å². The fraction of sp³-hybridized carbons (Fsp3) is 0.250. The van der Waals surface area contributed by atoms with Crippen LogP contribution in [0.4, 0.5) is 0 Å². The Bertz CT molecular complexity index is 468. The summed E-state index contributed by atoms with van der Waals surface area (Å²) in [7, 11) is 1.63. The Labute approximate surface area is 88.3 Å². The summed E-state index contributed by atoms with van der Waals surface area (Å²) in [4.78, 5) is 4.44. The minimum atomic E-state index is 0.0275. The minimum Gasteiger partial charge on any atom is -0.392 e. The summed E-state index contributed by atoms with van der Waals surface area (Å²) in [6.07, 6.45) is 0. The van der Waals surface area contributed by atoms with E-state index in [9.17, 15) is 5.11 Å². The van der Waals surface area contributed by atoms with E-state index < -0.39 is 0 Å². The molecule has 0 aliphatic heterocycles. The smallest absolute Gasteiger partial charge is 0.0884 e.